The van der Waals surface area contributed by atoms with E-state index in [0.717, 1.165) is 5.56 Å². The summed E-state index contributed by atoms with van der Waals surface area (Å²) in [7, 11) is 0. The van der Waals surface area contributed by atoms with Gasteiger partial charge in [0.25, 0.3) is 5.56 Å². The highest BCUT2D eigenvalue weighted by Crippen LogP contribution is 2.38. The van der Waals surface area contributed by atoms with Crippen molar-refractivity contribution in [3.8, 4) is 22.7 Å². The van der Waals surface area contributed by atoms with Crippen LogP contribution >= 0.6 is 11.6 Å². The average Bonchev–Trinajstić information content (AvgIpc) is 2.81. The first-order chi connectivity index (χ1) is 16.2. The van der Waals surface area contributed by atoms with Crippen LogP contribution in [0.4, 0.5) is 0 Å². The Bertz CT molecular complexity index is 1820. The zero-order valence-electron chi connectivity index (χ0n) is 18.4. The molecule has 2 N–H and O–H groups in total. The summed E-state index contributed by atoms with van der Waals surface area (Å²) < 4.78 is 6.70. The van der Waals surface area contributed by atoms with Crippen LogP contribution in [-0.4, -0.2) is 19.6 Å². The van der Waals surface area contributed by atoms with Crippen molar-refractivity contribution in [1.29, 1.82) is 0 Å². The van der Waals surface area contributed by atoms with Crippen LogP contribution in [0.1, 0.15) is 16.7 Å². The van der Waals surface area contributed by atoms with Gasteiger partial charge in [-0.25, -0.2) is 19.1 Å². The zero-order chi connectivity index (χ0) is 24.3. The highest BCUT2D eigenvalue weighted by atomic mass is 35.5. The van der Waals surface area contributed by atoms with E-state index in [9.17, 15) is 19.5 Å². The van der Waals surface area contributed by atoms with Crippen LogP contribution in [0.5, 0.6) is 5.75 Å². The number of phenols is 1. The van der Waals surface area contributed by atoms with Crippen LogP contribution < -0.4 is 16.9 Å². The fourth-order valence-corrected chi connectivity index (χ4v) is 4.14. The Labute approximate surface area is 196 Å². The molecule has 0 saturated heterocycles. The molecular weight excluding hydrogens is 458 g/mol. The molecule has 5 aromatic rings. The van der Waals surface area contributed by atoms with Gasteiger partial charge < -0.3 is 9.52 Å². The largest absolute Gasteiger partial charge is 0.507 e. The number of nitrogens with zero attached hydrogens (tertiary/aromatic N) is 2. The van der Waals surface area contributed by atoms with Crippen LogP contribution in [0.25, 0.3) is 38.9 Å². The average molecular weight is 476 g/mol. The van der Waals surface area contributed by atoms with E-state index < -0.39 is 16.9 Å². The van der Waals surface area contributed by atoms with Crippen molar-refractivity contribution in [2.45, 2.75) is 20.8 Å². The Morgan fingerprint density at radius 1 is 0.941 bits per heavy atom. The van der Waals surface area contributed by atoms with Crippen molar-refractivity contribution < 1.29 is 9.52 Å². The van der Waals surface area contributed by atoms with Crippen molar-refractivity contribution in [3.63, 3.8) is 0 Å². The molecule has 3 aromatic heterocycles. The molecule has 0 unspecified atom stereocenters. The van der Waals surface area contributed by atoms with E-state index in [1.807, 2.05) is 0 Å². The third kappa shape index (κ3) is 3.22. The molecule has 3 heterocycles. The number of phenolic OH excluding ortho intramolecular Hbond substituents is 1. The second-order valence-corrected chi connectivity index (χ2v) is 8.49. The Hall–Kier alpha value is -4.17. The van der Waals surface area contributed by atoms with Crippen molar-refractivity contribution in [1.82, 2.24) is 14.5 Å². The summed E-state index contributed by atoms with van der Waals surface area (Å²) in [5, 5.41) is 12.3. The minimum absolute atomic E-state index is 0.115. The molecule has 0 amide bonds. The lowest BCUT2D eigenvalue weighted by molar-refractivity contribution is 0.469. The van der Waals surface area contributed by atoms with Gasteiger partial charge in [0, 0.05) is 27.1 Å². The number of pyridine rings is 1. The molecule has 0 aliphatic heterocycles. The van der Waals surface area contributed by atoms with Crippen LogP contribution in [0.2, 0.25) is 5.02 Å². The summed E-state index contributed by atoms with van der Waals surface area (Å²) in [6.07, 6.45) is 0. The van der Waals surface area contributed by atoms with E-state index in [0.29, 0.717) is 44.1 Å². The SMILES string of the molecule is Cc1c(C)c2cc(-c3ccc4c(=O)[nH]c(=O)n(-c5ccc(Cl)cc5)c4n3)c(O)c(C)c2oc1=O. The Morgan fingerprint density at radius 2 is 1.65 bits per heavy atom. The Balaban J connectivity index is 1.86. The highest BCUT2D eigenvalue weighted by Gasteiger charge is 2.19. The maximum Gasteiger partial charge on any atom is 0.339 e. The zero-order valence-corrected chi connectivity index (χ0v) is 19.1. The molecule has 170 valence electrons. The van der Waals surface area contributed by atoms with Gasteiger partial charge in [-0.2, -0.15) is 0 Å². The molecular formula is C25H18ClN3O5. The monoisotopic (exact) mass is 475 g/mol. The first kappa shape index (κ1) is 21.7. The van der Waals surface area contributed by atoms with Gasteiger partial charge in [-0.05, 0) is 68.8 Å². The molecule has 2 aromatic carbocycles. The number of benzene rings is 2. The predicted octanol–water partition coefficient (Wildman–Crippen LogP) is 4.13. The van der Waals surface area contributed by atoms with Crippen LogP contribution in [-0.2, 0) is 0 Å². The molecule has 0 aliphatic rings. The summed E-state index contributed by atoms with van der Waals surface area (Å²) in [6, 6.07) is 11.4. The van der Waals surface area contributed by atoms with Crippen molar-refractivity contribution in [2.24, 2.45) is 0 Å². The first-order valence-corrected chi connectivity index (χ1v) is 10.7. The number of H-pyrrole nitrogens is 1. The highest BCUT2D eigenvalue weighted by molar-refractivity contribution is 6.30. The van der Waals surface area contributed by atoms with Crippen molar-refractivity contribution >= 4 is 33.6 Å². The number of hydrogen-bond donors (Lipinski definition) is 2. The van der Waals surface area contributed by atoms with Gasteiger partial charge in [-0.3, -0.25) is 9.78 Å². The lowest BCUT2D eigenvalue weighted by Crippen LogP contribution is -2.29. The number of hydrogen-bond acceptors (Lipinski definition) is 6. The predicted molar refractivity (Wildman–Crippen MR) is 130 cm³/mol. The van der Waals surface area contributed by atoms with Gasteiger partial charge in [0.05, 0.1) is 16.8 Å². The molecule has 8 nitrogen and oxygen atoms in total. The minimum atomic E-state index is -0.656. The lowest BCUT2D eigenvalue weighted by atomic mass is 9.98. The number of aromatic amines is 1. The van der Waals surface area contributed by atoms with Crippen molar-refractivity contribution in [2.75, 3.05) is 0 Å². The molecule has 9 heteroatoms. The molecule has 0 radical (unpaired) electrons. The molecule has 0 fully saturated rings. The van der Waals surface area contributed by atoms with E-state index in [4.69, 9.17) is 16.0 Å². The summed E-state index contributed by atoms with van der Waals surface area (Å²) in [5.41, 5.74) is 1.49. The van der Waals surface area contributed by atoms with Gasteiger partial charge in [-0.1, -0.05) is 11.6 Å². The third-order valence-electron chi connectivity index (χ3n) is 6.07. The second-order valence-electron chi connectivity index (χ2n) is 8.05. The molecule has 34 heavy (non-hydrogen) atoms. The number of aromatic hydroxyl groups is 1. The lowest BCUT2D eigenvalue weighted by Gasteiger charge is -2.14. The number of nitrogens with one attached hydrogen (secondary N) is 1. The number of rotatable bonds is 2. The van der Waals surface area contributed by atoms with Crippen molar-refractivity contribution in [3.05, 3.63) is 95.4 Å². The summed E-state index contributed by atoms with van der Waals surface area (Å²) >= 11 is 5.99. The van der Waals surface area contributed by atoms with Crippen LogP contribution in [0.3, 0.4) is 0 Å². The fourth-order valence-electron chi connectivity index (χ4n) is 4.01. The number of aryl methyl sites for hydroxylation is 2. The normalized spacial score (nSPS) is 11.4. The summed E-state index contributed by atoms with van der Waals surface area (Å²) in [5.74, 6) is -0.115. The van der Waals surface area contributed by atoms with Crippen LogP contribution in [0.15, 0.2) is 61.3 Å². The summed E-state index contributed by atoms with van der Waals surface area (Å²) in [6.45, 7) is 5.13. The third-order valence-corrected chi connectivity index (χ3v) is 6.32. The molecule has 0 atom stereocenters. The quantitative estimate of drug-likeness (QED) is 0.370. The number of fused-ring (bicyclic) bond motifs is 2. The number of aromatic nitrogens is 3. The fraction of sp³-hybridized carbons (Fsp3) is 0.120. The molecule has 0 spiro atoms. The molecule has 0 aliphatic carbocycles. The molecule has 0 saturated carbocycles. The minimum Gasteiger partial charge on any atom is -0.507 e. The van der Waals surface area contributed by atoms with E-state index >= 15 is 0 Å². The Kier molecular flexibility index (Phi) is 4.91. The molecule has 0 bridgehead atoms. The Morgan fingerprint density at radius 3 is 2.35 bits per heavy atom. The maximum absolute atomic E-state index is 12.7. The van der Waals surface area contributed by atoms with Crippen LogP contribution in [0, 0.1) is 20.8 Å². The van der Waals surface area contributed by atoms with E-state index in [2.05, 4.69) is 9.97 Å². The van der Waals surface area contributed by atoms with Gasteiger partial charge in [0.1, 0.15) is 11.3 Å². The van der Waals surface area contributed by atoms with E-state index in [1.54, 1.807) is 63.2 Å². The van der Waals surface area contributed by atoms with Gasteiger partial charge in [-0.15, -0.1) is 0 Å². The summed E-state index contributed by atoms with van der Waals surface area (Å²) in [4.78, 5) is 44.3. The van der Waals surface area contributed by atoms with Gasteiger partial charge >= 0.3 is 11.3 Å². The van der Waals surface area contributed by atoms with E-state index in [-0.39, 0.29) is 16.8 Å². The maximum atomic E-state index is 12.7. The first-order valence-electron chi connectivity index (χ1n) is 10.4. The topological polar surface area (TPSA) is 118 Å². The van der Waals surface area contributed by atoms with Gasteiger partial charge in [0.2, 0.25) is 0 Å². The second kappa shape index (κ2) is 7.71. The van der Waals surface area contributed by atoms with Gasteiger partial charge in [0.15, 0.2) is 5.65 Å². The molecule has 5 rings (SSSR count). The smallest absolute Gasteiger partial charge is 0.339 e. The van der Waals surface area contributed by atoms with E-state index in [1.165, 1.54) is 4.57 Å². The number of halogens is 1. The standard InChI is InChI=1S/C25H18ClN3O5/c1-11-12(2)24(32)34-21-13(3)20(30)18(10-17(11)21)19-9-8-16-22(27-19)29(25(33)28-23(16)31)15-6-4-14(26)5-7-15/h4-10,30H,1-3H3,(H,28,31,33).